The van der Waals surface area contributed by atoms with E-state index in [0.717, 1.165) is 15.6 Å². The summed E-state index contributed by atoms with van der Waals surface area (Å²) in [4.78, 5) is 13.0. The lowest BCUT2D eigenvalue weighted by Gasteiger charge is -2.30. The van der Waals surface area contributed by atoms with Crippen LogP contribution in [0.1, 0.15) is 70.8 Å². The average molecular weight is 413 g/mol. The fourth-order valence-corrected chi connectivity index (χ4v) is 8.38. The van der Waals surface area contributed by atoms with Crippen LogP contribution < -0.4 is 0 Å². The molecule has 0 aromatic carbocycles. The summed E-state index contributed by atoms with van der Waals surface area (Å²) >= 11 is 3.51. The zero-order valence-corrected chi connectivity index (χ0v) is 18.1. The van der Waals surface area contributed by atoms with E-state index in [4.69, 9.17) is 4.98 Å². The van der Waals surface area contributed by atoms with E-state index in [1.165, 1.54) is 56.7 Å². The Morgan fingerprint density at radius 2 is 1.79 bits per heavy atom. The molecule has 2 rings (SSSR count). The van der Waals surface area contributed by atoms with Gasteiger partial charge >= 0.3 is 0 Å². The molecule has 1 unspecified atom stereocenters. The predicted octanol–water partition coefficient (Wildman–Crippen LogP) is 6.81. The molecule has 0 saturated heterocycles. The van der Waals surface area contributed by atoms with Crippen LogP contribution in [0.3, 0.4) is 0 Å². The number of halogens is 1. The molecule has 2 heterocycles. The van der Waals surface area contributed by atoms with E-state index < -0.39 is 7.26 Å². The minimum absolute atomic E-state index is 0.591. The first-order chi connectivity index (χ1) is 11.5. The largest absolute Gasteiger partial charge is 0.337 e. The molecule has 0 amide bonds. The smallest absolute Gasteiger partial charge is 0.177 e. The summed E-state index contributed by atoms with van der Waals surface area (Å²) in [7, 11) is -1.05. The molecule has 1 N–H and O–H groups in total. The molecule has 134 valence electrons. The van der Waals surface area contributed by atoms with E-state index in [1.807, 2.05) is 6.20 Å². The van der Waals surface area contributed by atoms with Gasteiger partial charge in [0.05, 0.1) is 17.8 Å². The fourth-order valence-electron chi connectivity index (χ4n) is 3.53. The number of hydrogen-bond acceptors (Lipinski definition) is 2. The van der Waals surface area contributed by atoms with Crippen molar-refractivity contribution >= 4 is 34.4 Å². The van der Waals surface area contributed by atoms with Crippen LogP contribution in [0.4, 0.5) is 0 Å². The first kappa shape index (κ1) is 19.8. The molecule has 0 aliphatic rings. The first-order valence-corrected chi connectivity index (χ1v) is 12.9. The molecule has 2 aromatic heterocycles. The Kier molecular flexibility index (Phi) is 7.68. The van der Waals surface area contributed by atoms with Gasteiger partial charge in [0.2, 0.25) is 0 Å². The summed E-state index contributed by atoms with van der Waals surface area (Å²) < 4.78 is 1.01. The minimum Gasteiger partial charge on any atom is -0.337 e. The van der Waals surface area contributed by atoms with Gasteiger partial charge in [-0.2, -0.15) is 0 Å². The summed E-state index contributed by atoms with van der Waals surface area (Å²) in [6.45, 7) is 9.51. The third-order valence-corrected chi connectivity index (χ3v) is 10.1. The number of H-pyrrole nitrogens is 1. The van der Waals surface area contributed by atoms with Crippen LogP contribution in [0.2, 0.25) is 0 Å². The van der Waals surface area contributed by atoms with Crippen LogP contribution in [0.5, 0.6) is 0 Å². The third-order valence-electron chi connectivity index (χ3n) is 5.00. The topological polar surface area (TPSA) is 41.6 Å². The molecule has 0 bridgehead atoms. The second kappa shape index (κ2) is 9.29. The Morgan fingerprint density at radius 1 is 1.12 bits per heavy atom. The predicted molar refractivity (Wildman–Crippen MR) is 112 cm³/mol. The van der Waals surface area contributed by atoms with Gasteiger partial charge in [-0.3, -0.25) is 0 Å². The van der Waals surface area contributed by atoms with Crippen molar-refractivity contribution < 1.29 is 0 Å². The van der Waals surface area contributed by atoms with Crippen molar-refractivity contribution in [1.29, 1.82) is 0 Å². The summed E-state index contributed by atoms with van der Waals surface area (Å²) in [6.07, 6.45) is 12.3. The van der Waals surface area contributed by atoms with E-state index in [0.29, 0.717) is 5.66 Å². The number of aromatic nitrogens is 3. The summed E-state index contributed by atoms with van der Waals surface area (Å²) in [5.41, 5.74) is 2.50. The lowest BCUT2D eigenvalue weighted by atomic mass is 10.2. The second-order valence-corrected chi connectivity index (χ2v) is 12.5. The third kappa shape index (κ3) is 4.79. The number of hydrogen-bond donors (Lipinski definition) is 1. The molecule has 0 aliphatic carbocycles. The minimum atomic E-state index is -1.05. The number of fused-ring (bicyclic) bond motifs is 1. The average Bonchev–Trinajstić information content (AvgIpc) is 2.98. The SMILES string of the molecule is CCCC[P+](C)(CCCC)C(CCC)c1nc2ncc(Br)cc2[nH]1. The van der Waals surface area contributed by atoms with E-state index >= 15 is 0 Å². The van der Waals surface area contributed by atoms with Gasteiger partial charge in [-0.05, 0) is 41.3 Å². The Labute approximate surface area is 155 Å². The van der Waals surface area contributed by atoms with E-state index in [9.17, 15) is 0 Å². The van der Waals surface area contributed by atoms with Crippen molar-refractivity contribution in [3.05, 3.63) is 22.6 Å². The highest BCUT2D eigenvalue weighted by atomic mass is 79.9. The number of imidazole rings is 1. The highest BCUT2D eigenvalue weighted by Crippen LogP contribution is 2.68. The zero-order valence-electron chi connectivity index (χ0n) is 15.6. The molecule has 0 saturated carbocycles. The molecule has 0 fully saturated rings. The zero-order chi connectivity index (χ0) is 17.6. The van der Waals surface area contributed by atoms with Gasteiger partial charge in [-0.1, -0.05) is 40.0 Å². The van der Waals surface area contributed by atoms with Gasteiger partial charge < -0.3 is 4.98 Å². The van der Waals surface area contributed by atoms with Crippen molar-refractivity contribution in [1.82, 2.24) is 15.0 Å². The number of aromatic amines is 1. The molecule has 0 radical (unpaired) electrons. The molecule has 1 atom stereocenters. The van der Waals surface area contributed by atoms with Gasteiger partial charge in [-0.15, -0.1) is 0 Å². The first-order valence-electron chi connectivity index (χ1n) is 9.39. The van der Waals surface area contributed by atoms with E-state index in [2.05, 4.69) is 59.4 Å². The van der Waals surface area contributed by atoms with Crippen molar-refractivity contribution in [2.75, 3.05) is 19.0 Å². The van der Waals surface area contributed by atoms with Gasteiger partial charge in [0, 0.05) is 24.6 Å². The van der Waals surface area contributed by atoms with Crippen LogP contribution in [0.25, 0.3) is 11.2 Å². The van der Waals surface area contributed by atoms with Crippen molar-refractivity contribution in [2.45, 2.75) is 65.0 Å². The number of pyridine rings is 1. The summed E-state index contributed by atoms with van der Waals surface area (Å²) in [5, 5.41) is 0. The molecule has 0 spiro atoms. The molecule has 0 aliphatic heterocycles. The van der Waals surface area contributed by atoms with Crippen LogP contribution in [-0.2, 0) is 0 Å². The van der Waals surface area contributed by atoms with E-state index in [1.54, 1.807) is 0 Å². The standard InChI is InChI=1S/C19H32BrN3P/c1-5-8-11-24(4,12-9-6-2)17(10-7-3)19-22-16-13-15(20)14-21-18(16)23-19/h13-14,17H,5-12H2,1-4H3,(H,21,22,23)/q+1. The number of nitrogens with zero attached hydrogens (tertiary/aromatic N) is 2. The van der Waals surface area contributed by atoms with Crippen LogP contribution >= 0.6 is 23.2 Å². The molecule has 5 heteroatoms. The maximum Gasteiger partial charge on any atom is 0.177 e. The Morgan fingerprint density at radius 3 is 2.38 bits per heavy atom. The van der Waals surface area contributed by atoms with Crippen LogP contribution in [0.15, 0.2) is 16.7 Å². The molecule has 2 aromatic rings. The molecule has 24 heavy (non-hydrogen) atoms. The Bertz CT molecular complexity index is 633. The van der Waals surface area contributed by atoms with E-state index in [-0.39, 0.29) is 0 Å². The lowest BCUT2D eigenvalue weighted by Crippen LogP contribution is -2.14. The Balaban J connectivity index is 2.38. The monoisotopic (exact) mass is 412 g/mol. The van der Waals surface area contributed by atoms with Gasteiger partial charge in [-0.25, -0.2) is 9.97 Å². The summed E-state index contributed by atoms with van der Waals surface area (Å²) in [5.74, 6) is 1.18. The summed E-state index contributed by atoms with van der Waals surface area (Å²) in [6, 6.07) is 2.09. The molecular weight excluding hydrogens is 381 g/mol. The molecule has 3 nitrogen and oxygen atoms in total. The van der Waals surface area contributed by atoms with Crippen molar-refractivity contribution in [2.24, 2.45) is 0 Å². The van der Waals surface area contributed by atoms with Gasteiger partial charge in [0.25, 0.3) is 0 Å². The number of rotatable bonds is 10. The Hall–Kier alpha value is -0.470. The number of nitrogens with one attached hydrogen (secondary N) is 1. The van der Waals surface area contributed by atoms with Crippen molar-refractivity contribution in [3.8, 4) is 0 Å². The number of unbranched alkanes of at least 4 members (excludes halogenated alkanes) is 2. The van der Waals surface area contributed by atoms with Gasteiger partial charge in [0.1, 0.15) is 11.5 Å². The molecular formula is C19H32BrN3P+. The van der Waals surface area contributed by atoms with Gasteiger partial charge in [0.15, 0.2) is 5.65 Å². The highest BCUT2D eigenvalue weighted by molar-refractivity contribution is 9.10. The quantitative estimate of drug-likeness (QED) is 0.435. The van der Waals surface area contributed by atoms with Crippen molar-refractivity contribution in [3.63, 3.8) is 0 Å². The maximum atomic E-state index is 4.90. The maximum absolute atomic E-state index is 4.90. The fraction of sp³-hybridized carbons (Fsp3) is 0.684. The van der Waals surface area contributed by atoms with Crippen LogP contribution in [-0.4, -0.2) is 33.9 Å². The normalized spacial score (nSPS) is 13.5. The lowest BCUT2D eigenvalue weighted by molar-refractivity contribution is 0.719. The van der Waals surface area contributed by atoms with Crippen LogP contribution in [0, 0.1) is 0 Å². The highest BCUT2D eigenvalue weighted by Gasteiger charge is 2.42. The second-order valence-electron chi connectivity index (χ2n) is 7.08.